The number of hydrogen-bond donors (Lipinski definition) is 1. The standard InChI is InChI=1S/C12H23N/c1-9-5-6-11(2)8-12(3,7-9)10(11)13-4/h9-10,13H,5-8H2,1-4H3. The minimum atomic E-state index is 0.597. The molecule has 0 saturated heterocycles. The molecule has 3 aliphatic rings. The average molecular weight is 181 g/mol. The molecule has 0 radical (unpaired) electrons. The number of nitrogens with one attached hydrogen (secondary N) is 1. The lowest BCUT2D eigenvalue weighted by atomic mass is 9.49. The normalized spacial score (nSPS) is 55.4. The van der Waals surface area contributed by atoms with Gasteiger partial charge in [-0.05, 0) is 43.1 Å². The van der Waals surface area contributed by atoms with Gasteiger partial charge in [0.1, 0.15) is 0 Å². The van der Waals surface area contributed by atoms with Crippen molar-refractivity contribution in [2.24, 2.45) is 16.7 Å². The molecular weight excluding hydrogens is 158 g/mol. The third-order valence-electron chi connectivity index (χ3n) is 4.51. The molecule has 3 saturated carbocycles. The Bertz CT molecular complexity index is 209. The molecule has 1 N–H and O–H groups in total. The van der Waals surface area contributed by atoms with Gasteiger partial charge in [-0.15, -0.1) is 0 Å². The van der Waals surface area contributed by atoms with E-state index in [1.165, 1.54) is 25.7 Å². The fourth-order valence-corrected chi connectivity index (χ4v) is 4.43. The Hall–Kier alpha value is -0.0400. The van der Waals surface area contributed by atoms with Gasteiger partial charge in [0, 0.05) is 6.04 Å². The molecule has 4 atom stereocenters. The molecule has 1 nitrogen and oxygen atoms in total. The summed E-state index contributed by atoms with van der Waals surface area (Å²) in [6.07, 6.45) is 5.73. The predicted octanol–water partition coefficient (Wildman–Crippen LogP) is 2.81. The van der Waals surface area contributed by atoms with E-state index in [9.17, 15) is 0 Å². The number of rotatable bonds is 1. The summed E-state index contributed by atoms with van der Waals surface area (Å²) in [5.41, 5.74) is 1.20. The molecule has 0 aromatic rings. The van der Waals surface area contributed by atoms with Gasteiger partial charge in [-0.25, -0.2) is 0 Å². The first-order valence-corrected chi connectivity index (χ1v) is 5.67. The van der Waals surface area contributed by atoms with Crippen LogP contribution in [0.3, 0.4) is 0 Å². The fraction of sp³-hybridized carbons (Fsp3) is 1.00. The van der Waals surface area contributed by atoms with E-state index in [0.29, 0.717) is 10.8 Å². The van der Waals surface area contributed by atoms with Gasteiger partial charge in [0.05, 0.1) is 0 Å². The van der Waals surface area contributed by atoms with Crippen molar-refractivity contribution in [1.29, 1.82) is 0 Å². The zero-order valence-electron chi connectivity index (χ0n) is 9.48. The summed E-state index contributed by atoms with van der Waals surface area (Å²) in [5.74, 6) is 0.935. The first kappa shape index (κ1) is 9.51. The second kappa shape index (κ2) is 2.73. The topological polar surface area (TPSA) is 12.0 Å². The summed E-state index contributed by atoms with van der Waals surface area (Å²) >= 11 is 0. The molecule has 0 aromatic carbocycles. The minimum absolute atomic E-state index is 0.597. The maximum Gasteiger partial charge on any atom is 0.0172 e. The second-order valence-electron chi connectivity index (χ2n) is 6.05. The number of hydrogen-bond acceptors (Lipinski definition) is 1. The van der Waals surface area contributed by atoms with Crippen molar-refractivity contribution in [3.05, 3.63) is 0 Å². The van der Waals surface area contributed by atoms with Crippen molar-refractivity contribution in [2.45, 2.75) is 52.5 Å². The SMILES string of the molecule is CNC1C2(C)CCC(C)CC1(C)C2. The van der Waals surface area contributed by atoms with E-state index in [0.717, 1.165) is 12.0 Å². The zero-order chi connectivity index (χ0) is 9.69. The molecule has 13 heavy (non-hydrogen) atoms. The van der Waals surface area contributed by atoms with E-state index in [1.54, 1.807) is 0 Å². The maximum atomic E-state index is 3.54. The molecule has 3 fully saturated rings. The minimum Gasteiger partial charge on any atom is -0.316 e. The van der Waals surface area contributed by atoms with Crippen LogP contribution in [0.25, 0.3) is 0 Å². The Balaban J connectivity index is 2.21. The number of fused-ring (bicyclic) bond motifs is 3. The molecular formula is C12H23N. The smallest absolute Gasteiger partial charge is 0.0172 e. The Labute approximate surface area is 82.3 Å². The third-order valence-corrected chi connectivity index (χ3v) is 4.51. The van der Waals surface area contributed by atoms with Crippen LogP contribution in [0.15, 0.2) is 0 Å². The lowest BCUT2D eigenvalue weighted by molar-refractivity contribution is -0.0611. The Morgan fingerprint density at radius 3 is 2.54 bits per heavy atom. The van der Waals surface area contributed by atoms with Gasteiger partial charge in [-0.2, -0.15) is 0 Å². The van der Waals surface area contributed by atoms with Crippen LogP contribution >= 0.6 is 0 Å². The highest BCUT2D eigenvalue weighted by molar-refractivity contribution is 5.12. The van der Waals surface area contributed by atoms with Crippen LogP contribution in [-0.4, -0.2) is 13.1 Å². The van der Waals surface area contributed by atoms with E-state index in [-0.39, 0.29) is 0 Å². The van der Waals surface area contributed by atoms with Crippen molar-refractivity contribution >= 4 is 0 Å². The van der Waals surface area contributed by atoms with E-state index in [2.05, 4.69) is 33.1 Å². The highest BCUT2D eigenvalue weighted by Gasteiger charge is 2.58. The van der Waals surface area contributed by atoms with Gasteiger partial charge in [0.15, 0.2) is 0 Å². The Kier molecular flexibility index (Phi) is 1.99. The van der Waals surface area contributed by atoms with Gasteiger partial charge >= 0.3 is 0 Å². The Morgan fingerprint density at radius 2 is 1.92 bits per heavy atom. The van der Waals surface area contributed by atoms with Crippen molar-refractivity contribution in [1.82, 2.24) is 5.32 Å². The van der Waals surface area contributed by atoms with E-state index in [4.69, 9.17) is 0 Å². The molecule has 0 spiro atoms. The van der Waals surface area contributed by atoms with Crippen molar-refractivity contribution in [3.8, 4) is 0 Å². The van der Waals surface area contributed by atoms with Crippen LogP contribution in [0, 0.1) is 16.7 Å². The zero-order valence-corrected chi connectivity index (χ0v) is 9.48. The van der Waals surface area contributed by atoms with Crippen LogP contribution in [0.4, 0.5) is 0 Å². The molecule has 4 unspecified atom stereocenters. The first-order valence-electron chi connectivity index (χ1n) is 5.67. The average Bonchev–Trinajstić information content (AvgIpc) is 2.15. The van der Waals surface area contributed by atoms with Crippen molar-refractivity contribution < 1.29 is 0 Å². The largest absolute Gasteiger partial charge is 0.316 e. The van der Waals surface area contributed by atoms with Crippen LogP contribution in [0.1, 0.15) is 46.5 Å². The molecule has 0 aliphatic heterocycles. The molecule has 0 heterocycles. The first-order chi connectivity index (χ1) is 6.00. The summed E-state index contributed by atoms with van der Waals surface area (Å²) in [6.45, 7) is 7.35. The summed E-state index contributed by atoms with van der Waals surface area (Å²) in [6, 6.07) is 0.768. The monoisotopic (exact) mass is 181 g/mol. The quantitative estimate of drug-likeness (QED) is 0.656. The lowest BCUT2D eigenvalue weighted by Crippen LogP contribution is -2.62. The maximum absolute atomic E-state index is 3.54. The van der Waals surface area contributed by atoms with Crippen molar-refractivity contribution in [3.63, 3.8) is 0 Å². The van der Waals surface area contributed by atoms with Crippen LogP contribution in [-0.2, 0) is 0 Å². The summed E-state index contributed by atoms with van der Waals surface area (Å²) in [4.78, 5) is 0. The lowest BCUT2D eigenvalue weighted by Gasteiger charge is -2.59. The van der Waals surface area contributed by atoms with Crippen LogP contribution in [0.5, 0.6) is 0 Å². The molecule has 2 bridgehead atoms. The van der Waals surface area contributed by atoms with Crippen molar-refractivity contribution in [2.75, 3.05) is 7.05 Å². The molecule has 3 rings (SSSR count). The highest BCUT2D eigenvalue weighted by Crippen LogP contribution is 2.62. The van der Waals surface area contributed by atoms with Gasteiger partial charge in [-0.1, -0.05) is 27.2 Å². The van der Waals surface area contributed by atoms with Gasteiger partial charge in [0.25, 0.3) is 0 Å². The van der Waals surface area contributed by atoms with E-state index >= 15 is 0 Å². The predicted molar refractivity (Wildman–Crippen MR) is 56.7 cm³/mol. The summed E-state index contributed by atoms with van der Waals surface area (Å²) < 4.78 is 0. The van der Waals surface area contributed by atoms with E-state index < -0.39 is 0 Å². The summed E-state index contributed by atoms with van der Waals surface area (Å²) in [7, 11) is 2.14. The molecule has 3 aliphatic carbocycles. The van der Waals surface area contributed by atoms with Crippen LogP contribution < -0.4 is 5.32 Å². The van der Waals surface area contributed by atoms with Gasteiger partial charge < -0.3 is 5.32 Å². The molecule has 1 heteroatoms. The van der Waals surface area contributed by atoms with Gasteiger partial charge in [-0.3, -0.25) is 0 Å². The third kappa shape index (κ3) is 1.24. The second-order valence-corrected chi connectivity index (χ2v) is 6.05. The van der Waals surface area contributed by atoms with Gasteiger partial charge in [0.2, 0.25) is 0 Å². The fourth-order valence-electron chi connectivity index (χ4n) is 4.43. The highest BCUT2D eigenvalue weighted by atomic mass is 15.0. The summed E-state index contributed by atoms with van der Waals surface area (Å²) in [5, 5.41) is 3.54. The van der Waals surface area contributed by atoms with Crippen LogP contribution in [0.2, 0.25) is 0 Å². The Morgan fingerprint density at radius 1 is 1.23 bits per heavy atom. The molecule has 0 amide bonds. The molecule has 0 aromatic heterocycles. The van der Waals surface area contributed by atoms with E-state index in [1.807, 2.05) is 0 Å². The molecule has 76 valence electrons.